The van der Waals surface area contributed by atoms with E-state index < -0.39 is 0 Å². The summed E-state index contributed by atoms with van der Waals surface area (Å²) in [6.07, 6.45) is 4.16. The lowest BCUT2D eigenvalue weighted by atomic mass is 10.0. The van der Waals surface area contributed by atoms with Gasteiger partial charge in [-0.1, -0.05) is 11.8 Å². The highest BCUT2D eigenvalue weighted by Crippen LogP contribution is 2.20. The zero-order valence-corrected chi connectivity index (χ0v) is 13.2. The number of thioether (sulfide) groups is 1. The summed E-state index contributed by atoms with van der Waals surface area (Å²) in [5, 5.41) is 11.5. The molecule has 0 unspecified atom stereocenters. The highest BCUT2D eigenvalue weighted by Gasteiger charge is 2.29. The third-order valence-corrected chi connectivity index (χ3v) is 4.72. The topological polar surface area (TPSA) is 63.1 Å². The van der Waals surface area contributed by atoms with E-state index in [1.54, 1.807) is 6.33 Å². The zero-order valence-electron chi connectivity index (χ0n) is 12.4. The average molecular weight is 297 g/mol. The summed E-state index contributed by atoms with van der Waals surface area (Å²) in [7, 11) is 1.87. The van der Waals surface area contributed by atoms with Crippen LogP contribution in [0.15, 0.2) is 11.5 Å². The minimum Gasteiger partial charge on any atom is -0.354 e. The fourth-order valence-corrected chi connectivity index (χ4v) is 3.05. The van der Waals surface area contributed by atoms with E-state index in [-0.39, 0.29) is 11.4 Å². The van der Waals surface area contributed by atoms with E-state index in [0.717, 1.165) is 18.2 Å². The van der Waals surface area contributed by atoms with Crippen molar-refractivity contribution in [2.24, 2.45) is 7.05 Å². The normalized spacial score (nSPS) is 16.6. The van der Waals surface area contributed by atoms with Crippen molar-refractivity contribution in [3.63, 3.8) is 0 Å². The van der Waals surface area contributed by atoms with Gasteiger partial charge in [-0.15, -0.1) is 10.2 Å². The van der Waals surface area contributed by atoms with Crippen LogP contribution >= 0.6 is 11.8 Å². The van der Waals surface area contributed by atoms with Crippen molar-refractivity contribution in [1.82, 2.24) is 25.0 Å². The SMILES string of the molecule is Cn1cnnc1SCC(=O)NCC(C)(C)N1CCCC1. The van der Waals surface area contributed by atoms with Gasteiger partial charge in [-0.05, 0) is 39.8 Å². The Morgan fingerprint density at radius 3 is 2.75 bits per heavy atom. The fourth-order valence-electron chi connectivity index (χ4n) is 2.33. The molecule has 1 aromatic rings. The summed E-state index contributed by atoms with van der Waals surface area (Å²) >= 11 is 1.41. The monoisotopic (exact) mass is 297 g/mol. The van der Waals surface area contributed by atoms with Crippen LogP contribution in [0.3, 0.4) is 0 Å². The molecule has 0 aliphatic carbocycles. The Morgan fingerprint density at radius 1 is 1.45 bits per heavy atom. The van der Waals surface area contributed by atoms with Gasteiger partial charge in [0.1, 0.15) is 6.33 Å². The number of aromatic nitrogens is 3. The van der Waals surface area contributed by atoms with E-state index in [1.165, 1.54) is 24.6 Å². The third-order valence-electron chi connectivity index (χ3n) is 3.68. The molecule has 20 heavy (non-hydrogen) atoms. The number of amides is 1. The molecule has 1 saturated heterocycles. The number of likely N-dealkylation sites (tertiary alicyclic amines) is 1. The van der Waals surface area contributed by atoms with Gasteiger partial charge in [0.2, 0.25) is 5.91 Å². The molecule has 7 heteroatoms. The summed E-state index contributed by atoms with van der Waals surface area (Å²) in [4.78, 5) is 14.4. The van der Waals surface area contributed by atoms with Crippen LogP contribution < -0.4 is 5.32 Å². The molecule has 0 atom stereocenters. The lowest BCUT2D eigenvalue weighted by molar-refractivity contribution is -0.119. The number of carbonyl (C=O) groups excluding carboxylic acids is 1. The van der Waals surface area contributed by atoms with E-state index >= 15 is 0 Å². The van der Waals surface area contributed by atoms with Crippen LogP contribution in [0.5, 0.6) is 0 Å². The molecule has 1 fully saturated rings. The fraction of sp³-hybridized carbons (Fsp3) is 0.769. The maximum Gasteiger partial charge on any atom is 0.230 e. The van der Waals surface area contributed by atoms with Crippen molar-refractivity contribution < 1.29 is 4.79 Å². The van der Waals surface area contributed by atoms with Crippen molar-refractivity contribution in [2.45, 2.75) is 37.4 Å². The van der Waals surface area contributed by atoms with E-state index in [4.69, 9.17) is 0 Å². The summed E-state index contributed by atoms with van der Waals surface area (Å²) in [6.45, 7) is 7.33. The maximum atomic E-state index is 11.9. The summed E-state index contributed by atoms with van der Waals surface area (Å²) in [5.74, 6) is 0.424. The van der Waals surface area contributed by atoms with Crippen molar-refractivity contribution in [1.29, 1.82) is 0 Å². The number of nitrogens with zero attached hydrogens (tertiary/aromatic N) is 4. The predicted octanol–water partition coefficient (Wildman–Crippen LogP) is 0.898. The Morgan fingerprint density at radius 2 is 2.15 bits per heavy atom. The van der Waals surface area contributed by atoms with Gasteiger partial charge in [-0.25, -0.2) is 0 Å². The van der Waals surface area contributed by atoms with Gasteiger partial charge in [0.25, 0.3) is 0 Å². The van der Waals surface area contributed by atoms with Crippen LogP contribution in [0, 0.1) is 0 Å². The first-order valence-corrected chi connectivity index (χ1v) is 7.96. The van der Waals surface area contributed by atoms with E-state index in [0.29, 0.717) is 12.3 Å². The molecule has 1 aliphatic heterocycles. The Labute approximate surface area is 124 Å². The molecule has 0 aromatic carbocycles. The van der Waals surface area contributed by atoms with Crippen molar-refractivity contribution in [3.05, 3.63) is 6.33 Å². The second-order valence-electron chi connectivity index (χ2n) is 5.80. The van der Waals surface area contributed by atoms with Crippen LogP contribution in [-0.2, 0) is 11.8 Å². The summed E-state index contributed by atoms with van der Waals surface area (Å²) in [5.41, 5.74) is 0.0294. The minimum absolute atomic E-state index is 0.0294. The zero-order chi connectivity index (χ0) is 14.6. The Kier molecular flexibility index (Phi) is 5.04. The highest BCUT2D eigenvalue weighted by molar-refractivity contribution is 7.99. The molecular formula is C13H23N5OS. The molecule has 1 N–H and O–H groups in total. The summed E-state index contributed by atoms with van der Waals surface area (Å²) in [6, 6.07) is 0. The molecule has 0 bridgehead atoms. The predicted molar refractivity (Wildman–Crippen MR) is 79.6 cm³/mol. The van der Waals surface area contributed by atoms with Crippen molar-refractivity contribution in [3.8, 4) is 0 Å². The van der Waals surface area contributed by atoms with Crippen LogP contribution in [0.4, 0.5) is 0 Å². The number of rotatable bonds is 6. The van der Waals surface area contributed by atoms with Gasteiger partial charge in [0.05, 0.1) is 5.75 Å². The molecule has 6 nitrogen and oxygen atoms in total. The third kappa shape index (κ3) is 3.96. The first-order valence-electron chi connectivity index (χ1n) is 6.97. The Balaban J connectivity index is 1.73. The number of hydrogen-bond acceptors (Lipinski definition) is 5. The maximum absolute atomic E-state index is 11.9. The number of carbonyl (C=O) groups is 1. The van der Waals surface area contributed by atoms with Crippen molar-refractivity contribution >= 4 is 17.7 Å². The average Bonchev–Trinajstić information content (AvgIpc) is 3.05. The molecular weight excluding hydrogens is 274 g/mol. The molecule has 0 spiro atoms. The van der Waals surface area contributed by atoms with Gasteiger partial charge in [-0.2, -0.15) is 0 Å². The molecule has 2 rings (SSSR count). The molecule has 1 aliphatic rings. The smallest absolute Gasteiger partial charge is 0.230 e. The Hall–Kier alpha value is -1.08. The first kappa shape index (κ1) is 15.3. The van der Waals surface area contributed by atoms with Crippen LogP contribution in [0.25, 0.3) is 0 Å². The minimum atomic E-state index is 0.0294. The second kappa shape index (κ2) is 6.58. The van der Waals surface area contributed by atoms with E-state index in [2.05, 4.69) is 34.3 Å². The standard InChI is InChI=1S/C13H23N5OS/c1-13(2,18-6-4-5-7-18)9-14-11(19)8-20-12-16-15-10-17(12)3/h10H,4-9H2,1-3H3,(H,14,19). The van der Waals surface area contributed by atoms with Gasteiger partial charge >= 0.3 is 0 Å². The molecule has 112 valence electrons. The number of hydrogen-bond donors (Lipinski definition) is 1. The van der Waals surface area contributed by atoms with Gasteiger partial charge in [0.15, 0.2) is 5.16 Å². The first-order chi connectivity index (χ1) is 9.49. The molecule has 2 heterocycles. The lowest BCUT2D eigenvalue weighted by Gasteiger charge is -2.35. The molecule has 0 radical (unpaired) electrons. The van der Waals surface area contributed by atoms with Gasteiger partial charge < -0.3 is 9.88 Å². The lowest BCUT2D eigenvalue weighted by Crippen LogP contribution is -2.50. The number of aryl methyl sites for hydroxylation is 1. The molecule has 0 saturated carbocycles. The van der Waals surface area contributed by atoms with E-state index in [9.17, 15) is 4.79 Å². The van der Waals surface area contributed by atoms with Gasteiger partial charge in [0, 0.05) is 19.1 Å². The van der Waals surface area contributed by atoms with Crippen LogP contribution in [-0.4, -0.2) is 56.5 Å². The highest BCUT2D eigenvalue weighted by atomic mass is 32.2. The van der Waals surface area contributed by atoms with Gasteiger partial charge in [-0.3, -0.25) is 9.69 Å². The number of nitrogens with one attached hydrogen (secondary N) is 1. The van der Waals surface area contributed by atoms with Crippen LogP contribution in [0.2, 0.25) is 0 Å². The second-order valence-corrected chi connectivity index (χ2v) is 6.74. The summed E-state index contributed by atoms with van der Waals surface area (Å²) < 4.78 is 1.81. The largest absolute Gasteiger partial charge is 0.354 e. The molecule has 1 amide bonds. The van der Waals surface area contributed by atoms with Crippen molar-refractivity contribution in [2.75, 3.05) is 25.4 Å². The molecule has 1 aromatic heterocycles. The van der Waals surface area contributed by atoms with Crippen LogP contribution in [0.1, 0.15) is 26.7 Å². The van der Waals surface area contributed by atoms with E-state index in [1.807, 2.05) is 11.6 Å². The quantitative estimate of drug-likeness (QED) is 0.790. The Bertz CT molecular complexity index is 453.